The quantitative estimate of drug-likeness (QED) is 0.602. The summed E-state index contributed by atoms with van der Waals surface area (Å²) < 4.78 is 53.1. The smallest absolute Gasteiger partial charge is 0.304 e. The first kappa shape index (κ1) is 17.3. The fourth-order valence-electron chi connectivity index (χ4n) is 2.07. The molecule has 1 N–H and O–H groups in total. The van der Waals surface area contributed by atoms with E-state index in [1.54, 1.807) is 0 Å². The number of ether oxygens (including phenoxy) is 1. The Morgan fingerprint density at radius 2 is 2.10 bits per heavy atom. The van der Waals surface area contributed by atoms with E-state index in [1.807, 2.05) is 0 Å². The Kier molecular flexibility index (Phi) is 5.92. The van der Waals surface area contributed by atoms with Crippen LogP contribution in [0.2, 0.25) is 0 Å². The molecule has 1 aliphatic heterocycles. The van der Waals surface area contributed by atoms with Gasteiger partial charge in [-0.1, -0.05) is 0 Å². The predicted molar refractivity (Wildman–Crippen MR) is 71.7 cm³/mol. The van der Waals surface area contributed by atoms with E-state index in [4.69, 9.17) is 9.84 Å². The fourth-order valence-corrected chi connectivity index (χ4v) is 5.55. The van der Waals surface area contributed by atoms with Crippen molar-refractivity contribution >= 4 is 25.8 Å². The lowest BCUT2D eigenvalue weighted by molar-refractivity contribution is -0.136. The van der Waals surface area contributed by atoms with Gasteiger partial charge in [0.2, 0.25) is 10.0 Å². The summed E-state index contributed by atoms with van der Waals surface area (Å²) in [5.74, 6) is -2.01. The van der Waals surface area contributed by atoms with Crippen LogP contribution in [0.4, 0.5) is 0 Å². The van der Waals surface area contributed by atoms with Crippen molar-refractivity contribution in [2.45, 2.75) is 18.9 Å². The maximum atomic E-state index is 12.2. The number of rotatable bonds is 8. The van der Waals surface area contributed by atoms with Crippen LogP contribution < -0.4 is 0 Å². The van der Waals surface area contributed by atoms with E-state index in [-0.39, 0.29) is 31.1 Å². The number of carbonyl (C=O) groups is 1. The fraction of sp³-hybridized carbons (Fsp3) is 0.900. The lowest BCUT2D eigenvalue weighted by Crippen LogP contribution is -2.44. The van der Waals surface area contributed by atoms with Crippen LogP contribution >= 0.6 is 0 Å². The van der Waals surface area contributed by atoms with E-state index in [2.05, 4.69) is 0 Å². The average Bonchev–Trinajstić information content (AvgIpc) is 2.67. The van der Waals surface area contributed by atoms with Gasteiger partial charge >= 0.3 is 5.97 Å². The number of hydrogen-bond acceptors (Lipinski definition) is 6. The molecule has 0 amide bonds. The number of aliphatic carboxylic acids is 1. The molecular formula is C10H19NO7S2. The van der Waals surface area contributed by atoms with Gasteiger partial charge in [-0.3, -0.25) is 4.79 Å². The van der Waals surface area contributed by atoms with E-state index in [1.165, 1.54) is 7.11 Å². The van der Waals surface area contributed by atoms with Crippen molar-refractivity contribution in [3.63, 3.8) is 0 Å². The highest BCUT2D eigenvalue weighted by atomic mass is 32.2. The molecule has 0 spiro atoms. The van der Waals surface area contributed by atoms with E-state index < -0.39 is 44.0 Å². The van der Waals surface area contributed by atoms with Crippen molar-refractivity contribution in [1.29, 1.82) is 0 Å². The number of nitrogens with zero attached hydrogens (tertiary/aromatic N) is 1. The molecule has 0 aromatic heterocycles. The molecule has 0 aromatic rings. The summed E-state index contributed by atoms with van der Waals surface area (Å²) in [6.07, 6.45) is -0.274. The predicted octanol–water partition coefficient (Wildman–Crippen LogP) is -1.07. The van der Waals surface area contributed by atoms with Crippen LogP contribution in [0.3, 0.4) is 0 Å². The summed E-state index contributed by atoms with van der Waals surface area (Å²) in [6.45, 7) is 0.154. The van der Waals surface area contributed by atoms with Crippen molar-refractivity contribution in [2.75, 3.05) is 37.5 Å². The Hall–Kier alpha value is -0.710. The van der Waals surface area contributed by atoms with Gasteiger partial charge in [0.25, 0.3) is 0 Å². The minimum atomic E-state index is -3.82. The zero-order valence-corrected chi connectivity index (χ0v) is 12.8. The Morgan fingerprint density at radius 1 is 1.45 bits per heavy atom. The SMILES string of the molecule is COCCN(C1CCS(=O)(=O)C1)S(=O)(=O)CCC(=O)O. The second-order valence-corrected chi connectivity index (χ2v) is 8.89. The standard InChI is InChI=1S/C10H19NO7S2/c1-18-5-4-11(9-2-6-19(14,15)8-9)20(16,17)7-3-10(12)13/h9H,2-8H2,1H3,(H,12,13). The van der Waals surface area contributed by atoms with Gasteiger partial charge in [-0.15, -0.1) is 0 Å². The molecule has 1 atom stereocenters. The topological polar surface area (TPSA) is 118 Å². The molecule has 20 heavy (non-hydrogen) atoms. The third-order valence-corrected chi connectivity index (χ3v) is 6.73. The number of carboxylic acid groups (broad SMARTS) is 1. The zero-order valence-electron chi connectivity index (χ0n) is 11.2. The Labute approximate surface area is 118 Å². The second kappa shape index (κ2) is 6.83. The van der Waals surface area contributed by atoms with Gasteiger partial charge in [0.15, 0.2) is 9.84 Å². The molecule has 0 bridgehead atoms. The Bertz CT molecular complexity index is 540. The van der Waals surface area contributed by atoms with Crippen LogP contribution in [-0.4, -0.2) is 75.8 Å². The van der Waals surface area contributed by atoms with Gasteiger partial charge in [-0.05, 0) is 6.42 Å². The van der Waals surface area contributed by atoms with E-state index in [0.717, 1.165) is 4.31 Å². The molecule has 1 unspecified atom stereocenters. The van der Waals surface area contributed by atoms with Crippen LogP contribution in [0, 0.1) is 0 Å². The molecular weight excluding hydrogens is 310 g/mol. The summed E-state index contributed by atoms with van der Waals surface area (Å²) in [4.78, 5) is 10.5. The van der Waals surface area contributed by atoms with Gasteiger partial charge in [-0.2, -0.15) is 4.31 Å². The van der Waals surface area contributed by atoms with Crippen LogP contribution in [-0.2, 0) is 29.4 Å². The number of carboxylic acids is 1. The van der Waals surface area contributed by atoms with Crippen molar-refractivity contribution in [3.05, 3.63) is 0 Å². The van der Waals surface area contributed by atoms with Gasteiger partial charge in [0.05, 0.1) is 30.3 Å². The normalized spacial score (nSPS) is 22.2. The number of hydrogen-bond donors (Lipinski definition) is 1. The van der Waals surface area contributed by atoms with Crippen LogP contribution in [0.15, 0.2) is 0 Å². The second-order valence-electron chi connectivity index (χ2n) is 4.62. The van der Waals surface area contributed by atoms with Crippen molar-refractivity contribution in [1.82, 2.24) is 4.31 Å². The molecule has 1 rings (SSSR count). The van der Waals surface area contributed by atoms with Crippen molar-refractivity contribution in [3.8, 4) is 0 Å². The summed E-state index contributed by atoms with van der Waals surface area (Å²) in [6, 6.07) is -0.631. The number of sulfonamides is 1. The van der Waals surface area contributed by atoms with E-state index in [0.29, 0.717) is 0 Å². The minimum Gasteiger partial charge on any atom is -0.481 e. The lowest BCUT2D eigenvalue weighted by atomic mass is 10.3. The molecule has 1 saturated heterocycles. The molecule has 1 heterocycles. The number of methoxy groups -OCH3 is 1. The molecule has 0 saturated carbocycles. The third-order valence-electron chi connectivity index (χ3n) is 3.06. The maximum Gasteiger partial charge on any atom is 0.304 e. The number of sulfone groups is 1. The first-order valence-corrected chi connectivity index (χ1v) is 9.51. The largest absolute Gasteiger partial charge is 0.481 e. The molecule has 1 aliphatic rings. The highest BCUT2D eigenvalue weighted by Gasteiger charge is 2.37. The zero-order chi connectivity index (χ0) is 15.4. The minimum absolute atomic E-state index is 0.0264. The summed E-state index contributed by atoms with van der Waals surface area (Å²) in [5.41, 5.74) is 0. The van der Waals surface area contributed by atoms with Crippen molar-refractivity contribution in [2.24, 2.45) is 0 Å². The Balaban J connectivity index is 2.86. The first-order valence-electron chi connectivity index (χ1n) is 6.08. The molecule has 0 aromatic carbocycles. The highest BCUT2D eigenvalue weighted by molar-refractivity contribution is 7.92. The lowest BCUT2D eigenvalue weighted by Gasteiger charge is -2.26. The molecule has 1 fully saturated rings. The molecule has 0 radical (unpaired) electrons. The van der Waals surface area contributed by atoms with Gasteiger partial charge < -0.3 is 9.84 Å². The summed E-state index contributed by atoms with van der Waals surface area (Å²) in [5, 5.41) is 8.58. The van der Waals surface area contributed by atoms with Gasteiger partial charge in [0.1, 0.15) is 0 Å². The summed E-state index contributed by atoms with van der Waals surface area (Å²) in [7, 11) is -5.63. The first-order chi connectivity index (χ1) is 9.18. The highest BCUT2D eigenvalue weighted by Crippen LogP contribution is 2.21. The summed E-state index contributed by atoms with van der Waals surface area (Å²) >= 11 is 0. The van der Waals surface area contributed by atoms with E-state index in [9.17, 15) is 21.6 Å². The molecule has 0 aliphatic carbocycles. The monoisotopic (exact) mass is 329 g/mol. The van der Waals surface area contributed by atoms with Gasteiger partial charge in [-0.25, -0.2) is 16.8 Å². The molecule has 10 heteroatoms. The van der Waals surface area contributed by atoms with Crippen LogP contribution in [0.1, 0.15) is 12.8 Å². The molecule has 118 valence electrons. The van der Waals surface area contributed by atoms with Gasteiger partial charge in [0, 0.05) is 19.7 Å². The van der Waals surface area contributed by atoms with Crippen LogP contribution in [0.25, 0.3) is 0 Å². The van der Waals surface area contributed by atoms with Crippen LogP contribution in [0.5, 0.6) is 0 Å². The van der Waals surface area contributed by atoms with E-state index >= 15 is 0 Å². The average molecular weight is 329 g/mol. The van der Waals surface area contributed by atoms with Crippen molar-refractivity contribution < 1.29 is 31.5 Å². The molecule has 8 nitrogen and oxygen atoms in total. The Morgan fingerprint density at radius 3 is 2.55 bits per heavy atom. The third kappa shape index (κ3) is 5.00. The maximum absolute atomic E-state index is 12.2.